The lowest BCUT2D eigenvalue weighted by Crippen LogP contribution is -2.42. The molecule has 1 atom stereocenters. The van der Waals surface area contributed by atoms with Crippen molar-refractivity contribution in [2.75, 3.05) is 13.6 Å². The van der Waals surface area contributed by atoms with Crippen LogP contribution >= 0.6 is 0 Å². The van der Waals surface area contributed by atoms with E-state index in [0.29, 0.717) is 6.42 Å². The Kier molecular flexibility index (Phi) is 5.90. The van der Waals surface area contributed by atoms with Crippen LogP contribution in [0.4, 0.5) is 4.39 Å². The van der Waals surface area contributed by atoms with E-state index in [4.69, 9.17) is 0 Å². The van der Waals surface area contributed by atoms with Crippen LogP contribution in [0.2, 0.25) is 0 Å². The first-order chi connectivity index (χ1) is 14.8. The molecular formula is C25H28FN3O2. The van der Waals surface area contributed by atoms with E-state index in [-0.39, 0.29) is 36.1 Å². The number of hydrogen-bond acceptors (Lipinski definition) is 3. The van der Waals surface area contributed by atoms with E-state index in [2.05, 4.69) is 31.1 Å². The van der Waals surface area contributed by atoms with Crippen LogP contribution in [0.3, 0.4) is 0 Å². The fourth-order valence-corrected chi connectivity index (χ4v) is 4.10. The van der Waals surface area contributed by atoms with Crippen LogP contribution < -0.4 is 0 Å². The third-order valence-electron chi connectivity index (χ3n) is 6.46. The van der Waals surface area contributed by atoms with Gasteiger partial charge in [0.05, 0.1) is 11.8 Å². The van der Waals surface area contributed by atoms with Crippen molar-refractivity contribution in [2.24, 2.45) is 11.0 Å². The fraction of sp³-hybridized carbons (Fsp3) is 0.400. The number of benzene rings is 2. The smallest absolute Gasteiger partial charge is 0.262 e. The first kappa shape index (κ1) is 21.2. The molecule has 4 rings (SSSR count). The summed E-state index contributed by atoms with van der Waals surface area (Å²) in [6.45, 7) is 4.09. The van der Waals surface area contributed by atoms with Gasteiger partial charge in [0.1, 0.15) is 12.4 Å². The molecule has 2 aromatic carbocycles. The monoisotopic (exact) mass is 421 g/mol. The third-order valence-corrected chi connectivity index (χ3v) is 6.46. The molecule has 1 heterocycles. The molecule has 1 unspecified atom stereocenters. The number of amides is 2. The Morgan fingerprint density at radius 1 is 1.10 bits per heavy atom. The Morgan fingerprint density at radius 3 is 2.42 bits per heavy atom. The molecule has 1 saturated carbocycles. The Hall–Kier alpha value is -3.02. The zero-order valence-electron chi connectivity index (χ0n) is 18.3. The molecule has 162 valence electrons. The Labute approximate surface area is 182 Å². The quantitative estimate of drug-likeness (QED) is 0.720. The minimum atomic E-state index is -0.322. The highest BCUT2D eigenvalue weighted by Crippen LogP contribution is 2.34. The van der Waals surface area contributed by atoms with Crippen molar-refractivity contribution in [2.45, 2.75) is 45.6 Å². The van der Waals surface area contributed by atoms with Crippen LogP contribution in [0.15, 0.2) is 47.6 Å². The molecule has 1 aliphatic heterocycles. The lowest BCUT2D eigenvalue weighted by molar-refractivity contribution is -0.144. The van der Waals surface area contributed by atoms with Crippen LogP contribution in [-0.2, 0) is 9.59 Å². The van der Waals surface area contributed by atoms with Gasteiger partial charge in [-0.15, -0.1) is 0 Å². The second-order valence-electron chi connectivity index (χ2n) is 8.68. The van der Waals surface area contributed by atoms with Crippen molar-refractivity contribution in [3.63, 3.8) is 0 Å². The Morgan fingerprint density at radius 2 is 1.81 bits per heavy atom. The van der Waals surface area contributed by atoms with Crippen molar-refractivity contribution in [3.05, 3.63) is 70.5 Å². The average molecular weight is 422 g/mol. The number of rotatable bonds is 5. The van der Waals surface area contributed by atoms with Crippen LogP contribution in [0.25, 0.3) is 0 Å². The number of nitrogens with zero attached hydrogens (tertiary/aromatic N) is 3. The molecule has 0 aromatic heterocycles. The average Bonchev–Trinajstić information content (AvgIpc) is 3.15. The van der Waals surface area contributed by atoms with E-state index in [9.17, 15) is 14.0 Å². The van der Waals surface area contributed by atoms with Gasteiger partial charge in [-0.25, -0.2) is 9.40 Å². The van der Waals surface area contributed by atoms with Gasteiger partial charge in [-0.1, -0.05) is 30.7 Å². The van der Waals surface area contributed by atoms with Crippen molar-refractivity contribution < 1.29 is 14.0 Å². The molecular weight excluding hydrogens is 393 g/mol. The maximum absolute atomic E-state index is 13.5. The summed E-state index contributed by atoms with van der Waals surface area (Å²) in [6.07, 6.45) is 3.41. The number of carbonyl (C=O) groups is 2. The van der Waals surface area contributed by atoms with E-state index in [1.54, 1.807) is 19.2 Å². The van der Waals surface area contributed by atoms with Gasteiger partial charge in [-0.2, -0.15) is 5.10 Å². The van der Waals surface area contributed by atoms with E-state index in [0.717, 1.165) is 41.7 Å². The Bertz CT molecular complexity index is 1030. The van der Waals surface area contributed by atoms with E-state index in [1.165, 1.54) is 27.6 Å². The highest BCUT2D eigenvalue weighted by Gasteiger charge is 2.35. The van der Waals surface area contributed by atoms with Crippen LogP contribution in [0, 0.1) is 25.6 Å². The standard InChI is InChI=1S/C25H28FN3O2/c1-16-7-8-20(13-17(16)2)22-14-23(18-9-11-21(26)12-10-18)29(27-22)24(30)15-28(3)25(31)19-5-4-6-19/h7-13,19,23H,4-6,14-15H2,1-3H3. The zero-order chi connectivity index (χ0) is 22.1. The van der Waals surface area contributed by atoms with Crippen molar-refractivity contribution in [3.8, 4) is 0 Å². The Balaban J connectivity index is 1.59. The summed E-state index contributed by atoms with van der Waals surface area (Å²) in [5.41, 5.74) is 4.98. The molecule has 2 amide bonds. The molecule has 0 bridgehead atoms. The molecule has 1 aliphatic carbocycles. The number of halogens is 1. The predicted octanol–water partition coefficient (Wildman–Crippen LogP) is 4.38. The van der Waals surface area contributed by atoms with Crippen molar-refractivity contribution >= 4 is 17.5 Å². The van der Waals surface area contributed by atoms with Gasteiger partial charge in [0.25, 0.3) is 5.91 Å². The van der Waals surface area contributed by atoms with Crippen LogP contribution in [0.1, 0.15) is 54.0 Å². The van der Waals surface area contributed by atoms with E-state index in [1.807, 2.05) is 6.07 Å². The SMILES string of the molecule is Cc1ccc(C2=NN(C(=O)CN(C)C(=O)C3CCC3)C(c3ccc(F)cc3)C2)cc1C. The minimum Gasteiger partial charge on any atom is -0.336 e. The summed E-state index contributed by atoms with van der Waals surface area (Å²) in [7, 11) is 1.68. The normalized spacial score (nSPS) is 18.5. The van der Waals surface area contributed by atoms with E-state index >= 15 is 0 Å². The molecule has 5 nitrogen and oxygen atoms in total. The highest BCUT2D eigenvalue weighted by atomic mass is 19.1. The van der Waals surface area contributed by atoms with Gasteiger partial charge in [0.2, 0.25) is 5.91 Å². The predicted molar refractivity (Wildman–Crippen MR) is 118 cm³/mol. The van der Waals surface area contributed by atoms with Gasteiger partial charge >= 0.3 is 0 Å². The summed E-state index contributed by atoms with van der Waals surface area (Å²) in [5, 5.41) is 6.14. The topological polar surface area (TPSA) is 53.0 Å². The second-order valence-corrected chi connectivity index (χ2v) is 8.68. The first-order valence-electron chi connectivity index (χ1n) is 10.8. The summed E-state index contributed by atoms with van der Waals surface area (Å²) in [6, 6.07) is 12.0. The summed E-state index contributed by atoms with van der Waals surface area (Å²) in [4.78, 5) is 27.2. The maximum Gasteiger partial charge on any atom is 0.262 e. The third kappa shape index (κ3) is 4.38. The number of aryl methyl sites for hydroxylation is 2. The lowest BCUT2D eigenvalue weighted by Gasteiger charge is -2.30. The molecule has 2 aliphatic rings. The minimum absolute atomic E-state index is 0.0171. The molecule has 6 heteroatoms. The molecule has 2 aromatic rings. The molecule has 1 fully saturated rings. The van der Waals surface area contributed by atoms with Gasteiger partial charge < -0.3 is 4.90 Å². The number of hydrazone groups is 1. The van der Waals surface area contributed by atoms with Gasteiger partial charge in [0, 0.05) is 19.4 Å². The van der Waals surface area contributed by atoms with Crippen molar-refractivity contribution in [1.29, 1.82) is 0 Å². The number of carbonyl (C=O) groups excluding carboxylic acids is 2. The molecule has 0 saturated heterocycles. The summed E-state index contributed by atoms with van der Waals surface area (Å²) < 4.78 is 13.5. The fourth-order valence-electron chi connectivity index (χ4n) is 4.10. The van der Waals surface area contributed by atoms with Gasteiger partial charge in [-0.3, -0.25) is 9.59 Å². The second kappa shape index (κ2) is 8.61. The summed E-state index contributed by atoms with van der Waals surface area (Å²) in [5.74, 6) is -0.488. The van der Waals surface area contributed by atoms with Gasteiger partial charge in [0.15, 0.2) is 0 Å². The molecule has 0 N–H and O–H groups in total. The van der Waals surface area contributed by atoms with E-state index < -0.39 is 0 Å². The maximum atomic E-state index is 13.5. The number of hydrogen-bond donors (Lipinski definition) is 0. The van der Waals surface area contributed by atoms with Crippen LogP contribution in [0.5, 0.6) is 0 Å². The number of likely N-dealkylation sites (N-methyl/N-ethyl adjacent to an activating group) is 1. The lowest BCUT2D eigenvalue weighted by atomic mass is 9.84. The highest BCUT2D eigenvalue weighted by molar-refractivity contribution is 6.03. The van der Waals surface area contributed by atoms with Crippen molar-refractivity contribution in [1.82, 2.24) is 9.91 Å². The molecule has 0 radical (unpaired) electrons. The molecule has 0 spiro atoms. The zero-order valence-corrected chi connectivity index (χ0v) is 18.3. The van der Waals surface area contributed by atoms with Gasteiger partial charge in [-0.05, 0) is 67.1 Å². The van der Waals surface area contributed by atoms with Crippen LogP contribution in [-0.4, -0.2) is 41.0 Å². The molecule has 31 heavy (non-hydrogen) atoms. The first-order valence-corrected chi connectivity index (χ1v) is 10.8. The largest absolute Gasteiger partial charge is 0.336 e. The summed E-state index contributed by atoms with van der Waals surface area (Å²) >= 11 is 0.